The van der Waals surface area contributed by atoms with Gasteiger partial charge in [0, 0.05) is 18.4 Å². The van der Waals surface area contributed by atoms with Crippen molar-refractivity contribution in [3.63, 3.8) is 0 Å². The molecule has 2 saturated heterocycles. The van der Waals surface area contributed by atoms with Crippen molar-refractivity contribution in [1.29, 1.82) is 0 Å². The highest BCUT2D eigenvalue weighted by Crippen LogP contribution is 2.31. The van der Waals surface area contributed by atoms with Gasteiger partial charge in [-0.1, -0.05) is 13.3 Å². The van der Waals surface area contributed by atoms with Gasteiger partial charge in [-0.05, 0) is 13.3 Å². The maximum atomic E-state index is 10.8. The largest absolute Gasteiger partial charge is 0.480 e. The summed E-state index contributed by atoms with van der Waals surface area (Å²) >= 11 is 0. The monoisotopic (exact) mass is 554 g/mol. The third-order valence-corrected chi connectivity index (χ3v) is 6.69. The van der Waals surface area contributed by atoms with Crippen LogP contribution in [0.15, 0.2) is 0 Å². The molecule has 0 aliphatic carbocycles. The van der Waals surface area contributed by atoms with Crippen LogP contribution in [-0.2, 0) is 38.0 Å². The Morgan fingerprint density at radius 3 is 1.53 bits per heavy atom. The van der Waals surface area contributed by atoms with Crippen LogP contribution in [0.2, 0.25) is 0 Å². The Morgan fingerprint density at radius 1 is 0.605 bits per heavy atom. The van der Waals surface area contributed by atoms with E-state index in [1.165, 1.54) is 0 Å². The second-order valence-corrected chi connectivity index (χ2v) is 9.52. The van der Waals surface area contributed by atoms with Gasteiger partial charge in [-0.3, -0.25) is 0 Å². The Morgan fingerprint density at radius 2 is 1.05 bits per heavy atom. The zero-order valence-electron chi connectivity index (χ0n) is 21.8. The lowest BCUT2D eigenvalue weighted by Gasteiger charge is -2.44. The number of aliphatic carboxylic acids is 2. The standard InChI is InChI=1S/C24H42O14/c1-3-5-15-23(31)21(29)14(16(37-15)8-35-11-19(25)26)7-34-10-18-24(32)22(30)13(6-33-4-2)17(38-18)9-36-12-20(27)28/h13-18,21-24,29-32H,3-12H2,1-2H3,(H,25,26)(H,27,28)/t13-,14+,15+,16-,17?,18-,21?,22-,23?,24?/m0/s1. The first-order valence-electron chi connectivity index (χ1n) is 12.9. The lowest BCUT2D eigenvalue weighted by Crippen LogP contribution is -2.59. The predicted molar refractivity (Wildman–Crippen MR) is 127 cm³/mol. The highest BCUT2D eigenvalue weighted by atomic mass is 16.6. The number of ether oxygens (including phenoxy) is 6. The van der Waals surface area contributed by atoms with E-state index in [0.717, 1.165) is 0 Å². The van der Waals surface area contributed by atoms with Crippen LogP contribution in [0.4, 0.5) is 0 Å². The maximum Gasteiger partial charge on any atom is 0.329 e. The molecule has 6 N–H and O–H groups in total. The van der Waals surface area contributed by atoms with Gasteiger partial charge in [0.05, 0.1) is 63.6 Å². The molecule has 222 valence electrons. The normalized spacial score (nSPS) is 35.7. The molecule has 0 saturated carbocycles. The molecule has 14 nitrogen and oxygen atoms in total. The molecule has 14 heteroatoms. The summed E-state index contributed by atoms with van der Waals surface area (Å²) < 4.78 is 33.2. The van der Waals surface area contributed by atoms with Crippen molar-refractivity contribution in [2.75, 3.05) is 52.9 Å². The van der Waals surface area contributed by atoms with Gasteiger partial charge in [0.1, 0.15) is 31.5 Å². The molecule has 38 heavy (non-hydrogen) atoms. The zero-order chi connectivity index (χ0) is 28.2. The molecule has 2 rings (SSSR count). The van der Waals surface area contributed by atoms with Gasteiger partial charge in [-0.15, -0.1) is 0 Å². The lowest BCUT2D eigenvalue weighted by molar-refractivity contribution is -0.243. The fraction of sp³-hybridized carbons (Fsp3) is 0.917. The fourth-order valence-electron chi connectivity index (χ4n) is 4.70. The SMILES string of the molecule is CCC[C@H]1O[C@@H](COCC(=O)O)[C@@H](COC[C@@H]2OC(COCC(=O)O)[C@H](COCC)[C@H](O)C2O)C(O)C1O. The topological polar surface area (TPSA) is 211 Å². The lowest BCUT2D eigenvalue weighted by atomic mass is 9.86. The third kappa shape index (κ3) is 9.62. The number of hydrogen-bond donors (Lipinski definition) is 6. The van der Waals surface area contributed by atoms with E-state index in [1.54, 1.807) is 6.92 Å². The van der Waals surface area contributed by atoms with E-state index >= 15 is 0 Å². The molecule has 2 heterocycles. The van der Waals surface area contributed by atoms with Crippen molar-refractivity contribution < 1.29 is 68.6 Å². The maximum absolute atomic E-state index is 10.8. The van der Waals surface area contributed by atoms with Crippen molar-refractivity contribution in [2.24, 2.45) is 11.8 Å². The molecule has 4 unspecified atom stereocenters. The number of aliphatic hydroxyl groups excluding tert-OH is 4. The molecule has 0 spiro atoms. The zero-order valence-corrected chi connectivity index (χ0v) is 21.8. The highest BCUT2D eigenvalue weighted by molar-refractivity contribution is 5.68. The van der Waals surface area contributed by atoms with Gasteiger partial charge in [-0.25, -0.2) is 9.59 Å². The number of aliphatic hydroxyl groups is 4. The van der Waals surface area contributed by atoms with E-state index in [2.05, 4.69) is 0 Å². The number of carboxylic acids is 2. The minimum atomic E-state index is -1.35. The third-order valence-electron chi connectivity index (χ3n) is 6.69. The first-order chi connectivity index (χ1) is 18.1. The molecule has 2 aliphatic heterocycles. The van der Waals surface area contributed by atoms with E-state index in [9.17, 15) is 30.0 Å². The molecule has 0 bridgehead atoms. The van der Waals surface area contributed by atoms with E-state index in [4.69, 9.17) is 38.6 Å². The minimum absolute atomic E-state index is 0.0594. The van der Waals surface area contributed by atoms with Crippen LogP contribution in [0.5, 0.6) is 0 Å². The first-order valence-corrected chi connectivity index (χ1v) is 12.9. The van der Waals surface area contributed by atoms with E-state index in [1.807, 2.05) is 6.92 Å². The summed E-state index contributed by atoms with van der Waals surface area (Å²) in [5, 5.41) is 60.3. The van der Waals surface area contributed by atoms with Crippen molar-refractivity contribution in [2.45, 2.75) is 75.5 Å². The second-order valence-electron chi connectivity index (χ2n) is 9.52. The minimum Gasteiger partial charge on any atom is -0.480 e. The van der Waals surface area contributed by atoms with Crippen LogP contribution < -0.4 is 0 Å². The quantitative estimate of drug-likeness (QED) is 0.118. The molecule has 0 aromatic heterocycles. The Bertz CT molecular complexity index is 708. The average molecular weight is 555 g/mol. The smallest absolute Gasteiger partial charge is 0.329 e. The summed E-state index contributed by atoms with van der Waals surface area (Å²) in [6.07, 6.45) is -7.08. The van der Waals surface area contributed by atoms with Crippen molar-refractivity contribution in [1.82, 2.24) is 0 Å². The summed E-state index contributed by atoms with van der Waals surface area (Å²) in [7, 11) is 0. The summed E-state index contributed by atoms with van der Waals surface area (Å²) in [5.41, 5.74) is 0. The van der Waals surface area contributed by atoms with Gasteiger partial charge >= 0.3 is 11.9 Å². The second kappa shape index (κ2) is 16.6. The van der Waals surface area contributed by atoms with E-state index in [-0.39, 0.29) is 33.0 Å². The molecule has 10 atom stereocenters. The van der Waals surface area contributed by atoms with Crippen LogP contribution in [0.25, 0.3) is 0 Å². The molecule has 2 fully saturated rings. The number of carbonyl (C=O) groups is 2. The number of carboxylic acid groups (broad SMARTS) is 2. The van der Waals surface area contributed by atoms with Crippen molar-refractivity contribution in [3.05, 3.63) is 0 Å². The Hall–Kier alpha value is -1.46. The van der Waals surface area contributed by atoms with Crippen molar-refractivity contribution >= 4 is 11.9 Å². The Labute approximate surface area is 221 Å². The van der Waals surface area contributed by atoms with Gasteiger partial charge in [0.25, 0.3) is 0 Å². The molecule has 0 amide bonds. The van der Waals surface area contributed by atoms with Crippen LogP contribution >= 0.6 is 0 Å². The Kier molecular flexibility index (Phi) is 14.3. The van der Waals surface area contributed by atoms with E-state index in [0.29, 0.717) is 19.4 Å². The van der Waals surface area contributed by atoms with Gasteiger partial charge in [-0.2, -0.15) is 0 Å². The first kappa shape index (κ1) is 32.8. The van der Waals surface area contributed by atoms with Crippen LogP contribution in [0.1, 0.15) is 26.7 Å². The summed E-state index contributed by atoms with van der Waals surface area (Å²) in [6, 6.07) is 0. The van der Waals surface area contributed by atoms with Crippen LogP contribution in [0, 0.1) is 11.8 Å². The summed E-state index contributed by atoms with van der Waals surface area (Å²) in [6.45, 7) is 2.30. The highest BCUT2D eigenvalue weighted by Gasteiger charge is 2.46. The summed E-state index contributed by atoms with van der Waals surface area (Å²) in [5.74, 6) is -3.78. The molecule has 2 aliphatic rings. The molecule has 0 radical (unpaired) electrons. The predicted octanol–water partition coefficient (Wildman–Crippen LogP) is -1.75. The molecular formula is C24H42O14. The molecule has 0 aromatic carbocycles. The fourth-order valence-corrected chi connectivity index (χ4v) is 4.70. The van der Waals surface area contributed by atoms with Gasteiger partial charge in [0.15, 0.2) is 0 Å². The van der Waals surface area contributed by atoms with Crippen LogP contribution in [0.3, 0.4) is 0 Å². The number of rotatable bonds is 17. The van der Waals surface area contributed by atoms with Crippen molar-refractivity contribution in [3.8, 4) is 0 Å². The summed E-state index contributed by atoms with van der Waals surface area (Å²) in [4.78, 5) is 21.6. The van der Waals surface area contributed by atoms with E-state index < -0.39 is 85.8 Å². The van der Waals surface area contributed by atoms with Crippen LogP contribution in [-0.4, -0.2) is 144 Å². The number of hydrogen-bond acceptors (Lipinski definition) is 12. The molecular weight excluding hydrogens is 512 g/mol. The average Bonchev–Trinajstić information content (AvgIpc) is 2.86. The van der Waals surface area contributed by atoms with Gasteiger partial charge in [0.2, 0.25) is 0 Å². The Balaban J connectivity index is 2.02. The van der Waals surface area contributed by atoms with Gasteiger partial charge < -0.3 is 59.1 Å². The molecule has 0 aromatic rings.